The van der Waals surface area contributed by atoms with Crippen molar-refractivity contribution in [2.24, 2.45) is 0 Å². The predicted octanol–water partition coefficient (Wildman–Crippen LogP) is 3.52. The van der Waals surface area contributed by atoms with E-state index in [1.807, 2.05) is 24.3 Å². The standard InChI is InChI=1S/C17H21BrN4O/c1-11(2)17-20-15(19)9-16(21-17)22-7-8-23-14(10-22)12-5-3-4-6-13(12)18/h3-6,9,11,14H,7-8,10H2,1-2H3,(H2,19,20,21)/t14-/m1/s1. The summed E-state index contributed by atoms with van der Waals surface area (Å²) in [4.78, 5) is 11.2. The van der Waals surface area contributed by atoms with Gasteiger partial charge < -0.3 is 15.4 Å². The van der Waals surface area contributed by atoms with Crippen LogP contribution in [0.5, 0.6) is 0 Å². The van der Waals surface area contributed by atoms with E-state index in [1.165, 1.54) is 0 Å². The molecule has 0 aliphatic carbocycles. The van der Waals surface area contributed by atoms with E-state index in [4.69, 9.17) is 10.5 Å². The minimum atomic E-state index is 0.0121. The van der Waals surface area contributed by atoms with E-state index in [-0.39, 0.29) is 12.0 Å². The molecule has 1 fully saturated rings. The van der Waals surface area contributed by atoms with Crippen LogP contribution in [0.2, 0.25) is 0 Å². The highest BCUT2D eigenvalue weighted by molar-refractivity contribution is 9.10. The van der Waals surface area contributed by atoms with Crippen molar-refractivity contribution in [3.8, 4) is 0 Å². The molecule has 3 rings (SSSR count). The highest BCUT2D eigenvalue weighted by Crippen LogP contribution is 2.30. The molecule has 5 nitrogen and oxygen atoms in total. The van der Waals surface area contributed by atoms with Gasteiger partial charge in [0, 0.05) is 29.5 Å². The molecule has 0 spiro atoms. The van der Waals surface area contributed by atoms with Crippen LogP contribution in [-0.4, -0.2) is 29.7 Å². The molecular weight excluding hydrogens is 356 g/mol. The van der Waals surface area contributed by atoms with Gasteiger partial charge in [0.15, 0.2) is 0 Å². The Balaban J connectivity index is 1.85. The average Bonchev–Trinajstić information content (AvgIpc) is 2.55. The summed E-state index contributed by atoms with van der Waals surface area (Å²) in [6.07, 6.45) is 0.0121. The lowest BCUT2D eigenvalue weighted by atomic mass is 10.1. The quantitative estimate of drug-likeness (QED) is 0.887. The van der Waals surface area contributed by atoms with E-state index in [1.54, 1.807) is 0 Å². The van der Waals surface area contributed by atoms with Gasteiger partial charge in [-0.3, -0.25) is 0 Å². The van der Waals surface area contributed by atoms with Crippen LogP contribution in [0.25, 0.3) is 0 Å². The molecule has 0 unspecified atom stereocenters. The van der Waals surface area contributed by atoms with Crippen LogP contribution in [0.15, 0.2) is 34.8 Å². The Morgan fingerprint density at radius 3 is 2.83 bits per heavy atom. The summed E-state index contributed by atoms with van der Waals surface area (Å²) in [5, 5.41) is 0. The number of ether oxygens (including phenoxy) is 1. The molecule has 2 heterocycles. The topological polar surface area (TPSA) is 64.3 Å². The van der Waals surface area contributed by atoms with E-state index >= 15 is 0 Å². The molecule has 1 aliphatic heterocycles. The van der Waals surface area contributed by atoms with Crippen LogP contribution in [0.3, 0.4) is 0 Å². The van der Waals surface area contributed by atoms with Gasteiger partial charge >= 0.3 is 0 Å². The Labute approximate surface area is 145 Å². The SMILES string of the molecule is CC(C)c1nc(N)cc(N2CCO[C@@H](c3ccccc3Br)C2)n1. The van der Waals surface area contributed by atoms with Gasteiger partial charge in [0.25, 0.3) is 0 Å². The molecule has 2 aromatic rings. The summed E-state index contributed by atoms with van der Waals surface area (Å²) in [6, 6.07) is 10.0. The Hall–Kier alpha value is -1.66. The number of nitrogens with zero attached hydrogens (tertiary/aromatic N) is 3. The maximum Gasteiger partial charge on any atom is 0.135 e. The molecule has 1 aromatic heterocycles. The van der Waals surface area contributed by atoms with E-state index in [0.29, 0.717) is 12.4 Å². The first kappa shape index (κ1) is 16.2. The third kappa shape index (κ3) is 3.64. The highest BCUT2D eigenvalue weighted by Gasteiger charge is 2.25. The van der Waals surface area contributed by atoms with Gasteiger partial charge in [0.1, 0.15) is 23.6 Å². The number of anilines is 2. The number of nitrogen functional groups attached to an aromatic ring is 1. The number of halogens is 1. The first-order valence-electron chi connectivity index (χ1n) is 7.80. The summed E-state index contributed by atoms with van der Waals surface area (Å²) >= 11 is 3.61. The number of hydrogen-bond acceptors (Lipinski definition) is 5. The first-order valence-corrected chi connectivity index (χ1v) is 8.59. The van der Waals surface area contributed by atoms with Crippen LogP contribution in [-0.2, 0) is 4.74 Å². The number of nitrogens with two attached hydrogens (primary N) is 1. The van der Waals surface area contributed by atoms with Gasteiger partial charge in [0.2, 0.25) is 0 Å². The van der Waals surface area contributed by atoms with Gasteiger partial charge in [-0.15, -0.1) is 0 Å². The van der Waals surface area contributed by atoms with Crippen molar-refractivity contribution in [2.75, 3.05) is 30.3 Å². The van der Waals surface area contributed by atoms with Crippen molar-refractivity contribution in [3.05, 3.63) is 46.2 Å². The van der Waals surface area contributed by atoms with Crippen LogP contribution in [0.4, 0.5) is 11.6 Å². The van der Waals surface area contributed by atoms with Crippen molar-refractivity contribution in [1.82, 2.24) is 9.97 Å². The van der Waals surface area contributed by atoms with E-state index in [9.17, 15) is 0 Å². The van der Waals surface area contributed by atoms with E-state index in [2.05, 4.69) is 50.7 Å². The zero-order valence-corrected chi connectivity index (χ0v) is 15.0. The van der Waals surface area contributed by atoms with Crippen LogP contribution in [0, 0.1) is 0 Å². The smallest absolute Gasteiger partial charge is 0.135 e. The van der Waals surface area contributed by atoms with Crippen LogP contribution < -0.4 is 10.6 Å². The molecule has 1 aliphatic rings. The van der Waals surface area contributed by atoms with Crippen LogP contribution >= 0.6 is 15.9 Å². The number of rotatable bonds is 3. The number of hydrogen-bond donors (Lipinski definition) is 1. The first-order chi connectivity index (χ1) is 11.0. The van der Waals surface area contributed by atoms with Gasteiger partial charge in [-0.2, -0.15) is 0 Å². The normalized spacial score (nSPS) is 18.4. The van der Waals surface area contributed by atoms with Crippen molar-refractivity contribution in [3.63, 3.8) is 0 Å². The number of aromatic nitrogens is 2. The van der Waals surface area contributed by atoms with Gasteiger partial charge in [0.05, 0.1) is 6.61 Å². The van der Waals surface area contributed by atoms with Crippen molar-refractivity contribution in [2.45, 2.75) is 25.9 Å². The van der Waals surface area contributed by atoms with E-state index in [0.717, 1.165) is 34.8 Å². The fourth-order valence-electron chi connectivity index (χ4n) is 2.67. The van der Waals surface area contributed by atoms with E-state index < -0.39 is 0 Å². The maximum absolute atomic E-state index is 5.96. The van der Waals surface area contributed by atoms with Crippen molar-refractivity contribution in [1.29, 1.82) is 0 Å². The third-order valence-electron chi connectivity index (χ3n) is 3.91. The number of morpholine rings is 1. The summed E-state index contributed by atoms with van der Waals surface area (Å²) in [5.41, 5.74) is 7.11. The number of benzene rings is 1. The Morgan fingerprint density at radius 1 is 1.30 bits per heavy atom. The molecule has 122 valence electrons. The molecule has 2 N–H and O–H groups in total. The molecule has 23 heavy (non-hydrogen) atoms. The van der Waals surface area contributed by atoms with Gasteiger partial charge in [-0.05, 0) is 11.6 Å². The maximum atomic E-state index is 5.96. The second-order valence-electron chi connectivity index (χ2n) is 5.99. The minimum Gasteiger partial charge on any atom is -0.384 e. The summed E-state index contributed by atoms with van der Waals surface area (Å²) in [6.45, 7) is 6.35. The highest BCUT2D eigenvalue weighted by atomic mass is 79.9. The summed E-state index contributed by atoms with van der Waals surface area (Å²) < 4.78 is 7.02. The molecule has 0 saturated carbocycles. The lowest BCUT2D eigenvalue weighted by Crippen LogP contribution is -2.39. The Kier molecular flexibility index (Phi) is 4.82. The predicted molar refractivity (Wildman–Crippen MR) is 95.6 cm³/mol. The van der Waals surface area contributed by atoms with Crippen molar-refractivity contribution < 1.29 is 4.74 Å². The second-order valence-corrected chi connectivity index (χ2v) is 6.85. The Morgan fingerprint density at radius 2 is 2.09 bits per heavy atom. The molecule has 0 amide bonds. The zero-order valence-electron chi connectivity index (χ0n) is 13.4. The van der Waals surface area contributed by atoms with Gasteiger partial charge in [-0.25, -0.2) is 9.97 Å². The van der Waals surface area contributed by atoms with Crippen molar-refractivity contribution >= 4 is 27.6 Å². The molecule has 1 aromatic carbocycles. The average molecular weight is 377 g/mol. The molecule has 0 bridgehead atoms. The second kappa shape index (κ2) is 6.84. The molecular formula is C17H21BrN4O. The molecule has 6 heteroatoms. The monoisotopic (exact) mass is 376 g/mol. The zero-order chi connectivity index (χ0) is 16.4. The fourth-order valence-corrected chi connectivity index (χ4v) is 3.21. The third-order valence-corrected chi connectivity index (χ3v) is 4.63. The summed E-state index contributed by atoms with van der Waals surface area (Å²) in [7, 11) is 0. The molecule has 1 saturated heterocycles. The largest absolute Gasteiger partial charge is 0.384 e. The fraction of sp³-hybridized carbons (Fsp3) is 0.412. The lowest BCUT2D eigenvalue weighted by Gasteiger charge is -2.34. The molecule has 1 atom stereocenters. The molecule has 0 radical (unpaired) electrons. The Bertz CT molecular complexity index is 692. The van der Waals surface area contributed by atoms with Crippen LogP contribution in [0.1, 0.15) is 37.3 Å². The minimum absolute atomic E-state index is 0.0121. The van der Waals surface area contributed by atoms with Gasteiger partial charge in [-0.1, -0.05) is 48.0 Å². The lowest BCUT2D eigenvalue weighted by molar-refractivity contribution is 0.0390. The summed E-state index contributed by atoms with van der Waals surface area (Å²) in [5.74, 6) is 2.42.